The number of benzene rings is 2. The first kappa shape index (κ1) is 15.0. The van der Waals surface area contributed by atoms with Gasteiger partial charge in [0, 0.05) is 11.1 Å². The number of rotatable bonds is 5. The minimum Gasteiger partial charge on any atom is -0.390 e. The molecule has 0 atom stereocenters. The van der Waals surface area contributed by atoms with Crippen molar-refractivity contribution in [1.29, 1.82) is 0 Å². The Morgan fingerprint density at radius 2 is 1.81 bits per heavy atom. The summed E-state index contributed by atoms with van der Waals surface area (Å²) in [6.07, 6.45) is -0.298. The third-order valence-corrected chi connectivity index (χ3v) is 2.64. The van der Waals surface area contributed by atoms with Gasteiger partial charge in [0.1, 0.15) is 12.8 Å². The van der Waals surface area contributed by atoms with Crippen LogP contribution in [0, 0.1) is 11.6 Å². The van der Waals surface area contributed by atoms with Crippen LogP contribution in [0.15, 0.2) is 47.6 Å². The largest absolute Gasteiger partial charge is 0.390 e. The van der Waals surface area contributed by atoms with E-state index in [0.29, 0.717) is 5.56 Å². The highest BCUT2D eigenvalue weighted by molar-refractivity contribution is 5.81. The molecule has 0 saturated heterocycles. The van der Waals surface area contributed by atoms with Gasteiger partial charge in [0.15, 0.2) is 11.6 Å². The highest BCUT2D eigenvalue weighted by atomic mass is 19.3. The van der Waals surface area contributed by atoms with Crippen molar-refractivity contribution in [3.05, 3.63) is 70.8 Å². The van der Waals surface area contributed by atoms with Crippen molar-refractivity contribution < 1.29 is 22.4 Å². The van der Waals surface area contributed by atoms with E-state index in [-0.39, 0.29) is 17.7 Å². The van der Waals surface area contributed by atoms with E-state index in [1.54, 1.807) is 6.07 Å². The molecule has 0 heterocycles. The van der Waals surface area contributed by atoms with Crippen molar-refractivity contribution in [2.45, 2.75) is 13.0 Å². The van der Waals surface area contributed by atoms with Gasteiger partial charge < -0.3 is 4.84 Å². The molecule has 2 aromatic carbocycles. The minimum atomic E-state index is -2.64. The zero-order valence-corrected chi connectivity index (χ0v) is 10.7. The van der Waals surface area contributed by atoms with Gasteiger partial charge in [-0.25, -0.2) is 17.6 Å². The molecule has 0 fully saturated rings. The van der Waals surface area contributed by atoms with E-state index in [2.05, 4.69) is 11.4 Å². The Morgan fingerprint density at radius 1 is 1.05 bits per heavy atom. The third kappa shape index (κ3) is 4.05. The van der Waals surface area contributed by atoms with E-state index in [0.717, 1.165) is 12.1 Å². The summed E-state index contributed by atoms with van der Waals surface area (Å²) in [6, 6.07) is 9.00. The molecule has 2 nitrogen and oxygen atoms in total. The van der Waals surface area contributed by atoms with E-state index < -0.39 is 18.1 Å². The molecule has 109 valence electrons. The van der Waals surface area contributed by atoms with Crippen molar-refractivity contribution in [1.82, 2.24) is 0 Å². The molecular formula is C15H10F4NO. The van der Waals surface area contributed by atoms with Crippen LogP contribution >= 0.6 is 0 Å². The quantitative estimate of drug-likeness (QED) is 0.457. The number of alkyl halides is 2. The van der Waals surface area contributed by atoms with Crippen molar-refractivity contribution in [2.24, 2.45) is 5.16 Å². The van der Waals surface area contributed by atoms with Gasteiger partial charge in [-0.05, 0) is 17.7 Å². The fraction of sp³-hybridized carbons (Fsp3) is 0.133. The van der Waals surface area contributed by atoms with Crippen molar-refractivity contribution in [3.8, 4) is 0 Å². The van der Waals surface area contributed by atoms with Crippen LogP contribution in [0.5, 0.6) is 0 Å². The smallest absolute Gasteiger partial charge is 0.264 e. The van der Waals surface area contributed by atoms with Gasteiger partial charge >= 0.3 is 0 Å². The lowest BCUT2D eigenvalue weighted by molar-refractivity contribution is 0.131. The Balaban J connectivity index is 1.98. The first-order valence-electron chi connectivity index (χ1n) is 5.97. The maximum absolute atomic E-state index is 12.9. The predicted octanol–water partition coefficient (Wildman–Crippen LogP) is 4.33. The van der Waals surface area contributed by atoms with E-state index in [9.17, 15) is 17.6 Å². The molecule has 0 amide bonds. The summed E-state index contributed by atoms with van der Waals surface area (Å²) >= 11 is 0. The molecule has 0 spiro atoms. The topological polar surface area (TPSA) is 21.6 Å². The van der Waals surface area contributed by atoms with Gasteiger partial charge in [0.05, 0.1) is 0 Å². The lowest BCUT2D eigenvalue weighted by Crippen LogP contribution is -1.94. The lowest BCUT2D eigenvalue weighted by atomic mass is 10.1. The molecule has 6 heteroatoms. The Hall–Kier alpha value is -2.37. The second kappa shape index (κ2) is 6.88. The summed E-state index contributed by atoms with van der Waals surface area (Å²) in [5.74, 6) is -1.95. The van der Waals surface area contributed by atoms with Gasteiger partial charge in [-0.2, -0.15) is 0 Å². The standard InChI is InChI=1S/C15H10F4NO/c16-13-6-5-10(7-14(13)17)9-21-20-8-11-3-1-2-4-12(11)15(18)19/h1-7,15H,9H2. The number of halogens is 4. The highest BCUT2D eigenvalue weighted by Crippen LogP contribution is 2.21. The van der Waals surface area contributed by atoms with Crippen LogP contribution in [0.1, 0.15) is 23.1 Å². The minimum absolute atomic E-state index is 0.109. The first-order valence-corrected chi connectivity index (χ1v) is 5.97. The molecule has 0 aliphatic heterocycles. The number of hydrogen-bond acceptors (Lipinski definition) is 2. The maximum atomic E-state index is 12.9. The molecular weight excluding hydrogens is 286 g/mol. The van der Waals surface area contributed by atoms with Gasteiger partial charge in [-0.3, -0.25) is 0 Å². The normalized spacial score (nSPS) is 11.3. The second-order valence-corrected chi connectivity index (χ2v) is 4.11. The molecule has 2 aromatic rings. The molecule has 2 rings (SSSR count). The average molecular weight is 296 g/mol. The highest BCUT2D eigenvalue weighted by Gasteiger charge is 2.10. The lowest BCUT2D eigenvalue weighted by Gasteiger charge is -2.03. The molecule has 0 aliphatic rings. The zero-order valence-electron chi connectivity index (χ0n) is 10.7. The number of nitrogens with zero attached hydrogens (tertiary/aromatic N) is 1. The zero-order chi connectivity index (χ0) is 15.2. The van der Waals surface area contributed by atoms with Crippen LogP contribution < -0.4 is 0 Å². The summed E-state index contributed by atoms with van der Waals surface area (Å²) in [7, 11) is 0. The fourth-order valence-corrected chi connectivity index (χ4v) is 1.61. The number of hydrogen-bond donors (Lipinski definition) is 0. The van der Waals surface area contributed by atoms with Crippen molar-refractivity contribution in [3.63, 3.8) is 0 Å². The maximum Gasteiger partial charge on any atom is 0.264 e. The summed E-state index contributed by atoms with van der Waals surface area (Å²) in [5.41, 5.74) is 0.261. The van der Waals surface area contributed by atoms with E-state index >= 15 is 0 Å². The van der Waals surface area contributed by atoms with Crippen molar-refractivity contribution >= 4 is 6.21 Å². The van der Waals surface area contributed by atoms with Gasteiger partial charge in [0.25, 0.3) is 6.43 Å². The molecule has 0 bridgehead atoms. The Bertz CT molecular complexity index is 643. The van der Waals surface area contributed by atoms with Gasteiger partial charge in [-0.1, -0.05) is 35.5 Å². The molecule has 21 heavy (non-hydrogen) atoms. The van der Waals surface area contributed by atoms with Crippen LogP contribution in [-0.4, -0.2) is 6.21 Å². The summed E-state index contributed by atoms with van der Waals surface area (Å²) < 4.78 is 51.0. The molecule has 1 radical (unpaired) electrons. The molecule has 0 saturated carbocycles. The van der Waals surface area contributed by atoms with E-state index in [1.165, 1.54) is 24.3 Å². The van der Waals surface area contributed by atoms with E-state index in [4.69, 9.17) is 4.84 Å². The molecule has 0 aliphatic carbocycles. The summed E-state index contributed by atoms with van der Waals surface area (Å²) in [5, 5.41) is 3.43. The first-order chi connectivity index (χ1) is 10.1. The second-order valence-electron chi connectivity index (χ2n) is 4.11. The SMILES string of the molecule is Fc1ccc(CO/N=[C]\c2ccccc2C(F)F)cc1F. The molecule has 0 unspecified atom stereocenters. The van der Waals surface area contributed by atoms with Crippen LogP contribution in [0.25, 0.3) is 0 Å². The third-order valence-electron chi connectivity index (χ3n) is 2.64. The molecule has 0 aromatic heterocycles. The van der Waals surface area contributed by atoms with Crippen LogP contribution in [-0.2, 0) is 11.4 Å². The Morgan fingerprint density at radius 3 is 2.52 bits per heavy atom. The van der Waals surface area contributed by atoms with Crippen LogP contribution in [0.3, 0.4) is 0 Å². The van der Waals surface area contributed by atoms with Gasteiger partial charge in [0.2, 0.25) is 0 Å². The Kier molecular flexibility index (Phi) is 4.92. The average Bonchev–Trinajstić information content (AvgIpc) is 2.47. The van der Waals surface area contributed by atoms with E-state index in [1.807, 2.05) is 0 Å². The summed E-state index contributed by atoms with van der Waals surface area (Å²) in [4.78, 5) is 4.83. The monoisotopic (exact) mass is 296 g/mol. The van der Waals surface area contributed by atoms with Crippen LogP contribution in [0.2, 0.25) is 0 Å². The van der Waals surface area contributed by atoms with Gasteiger partial charge in [-0.15, -0.1) is 0 Å². The predicted molar refractivity (Wildman–Crippen MR) is 69.1 cm³/mol. The van der Waals surface area contributed by atoms with Crippen molar-refractivity contribution in [2.75, 3.05) is 0 Å². The fourth-order valence-electron chi connectivity index (χ4n) is 1.61. The van der Waals surface area contributed by atoms with Crippen LogP contribution in [0.4, 0.5) is 17.6 Å². The molecule has 0 N–H and O–H groups in total. The summed E-state index contributed by atoms with van der Waals surface area (Å²) in [6.45, 7) is -0.124. The Labute approximate surface area is 118 Å².